The van der Waals surface area contributed by atoms with Gasteiger partial charge in [-0.15, -0.1) is 0 Å². The summed E-state index contributed by atoms with van der Waals surface area (Å²) in [6, 6.07) is 3.39. The van der Waals surface area contributed by atoms with Crippen molar-refractivity contribution in [2.45, 2.75) is 33.1 Å². The van der Waals surface area contributed by atoms with Crippen molar-refractivity contribution < 1.29 is 14.7 Å². The van der Waals surface area contributed by atoms with Gasteiger partial charge in [0.25, 0.3) is 5.78 Å². The van der Waals surface area contributed by atoms with E-state index in [1.54, 1.807) is 12.1 Å². The van der Waals surface area contributed by atoms with Gasteiger partial charge in [0, 0.05) is 5.56 Å². The van der Waals surface area contributed by atoms with Crippen molar-refractivity contribution in [2.75, 3.05) is 0 Å². The van der Waals surface area contributed by atoms with E-state index in [0.29, 0.717) is 0 Å². The van der Waals surface area contributed by atoms with Gasteiger partial charge in [0.2, 0.25) is 0 Å². The lowest BCUT2D eigenvalue weighted by Gasteiger charge is -2.20. The third-order valence-corrected chi connectivity index (χ3v) is 4.13. The summed E-state index contributed by atoms with van der Waals surface area (Å²) in [6.07, 6.45) is 2.84. The Morgan fingerprint density at radius 2 is 1.89 bits per heavy atom. The highest BCUT2D eigenvalue weighted by Gasteiger charge is 2.32. The van der Waals surface area contributed by atoms with E-state index in [-0.39, 0.29) is 16.0 Å². The van der Waals surface area contributed by atoms with Crippen LogP contribution in [0, 0.1) is 5.41 Å². The number of rotatable bonds is 3. The van der Waals surface area contributed by atoms with Crippen LogP contribution in [0.5, 0.6) is 0 Å². The Balaban J connectivity index is 2.44. The molecule has 0 fully saturated rings. The van der Waals surface area contributed by atoms with E-state index in [4.69, 9.17) is 16.7 Å². The fraction of sp³-hybridized carbons (Fsp3) is 0.429. The number of carbonyl (C=O) groups excluding carboxylic acids is 1. The average Bonchev–Trinajstić information content (AvgIpc) is 2.63. The van der Waals surface area contributed by atoms with Crippen LogP contribution in [0.4, 0.5) is 0 Å². The number of halogens is 1. The van der Waals surface area contributed by atoms with Crippen molar-refractivity contribution in [2.24, 2.45) is 5.41 Å². The maximum Gasteiger partial charge on any atom is 0.377 e. The first-order chi connectivity index (χ1) is 8.36. The molecule has 0 spiro atoms. The van der Waals surface area contributed by atoms with Crippen LogP contribution in [0.2, 0.25) is 5.02 Å². The number of Topliss-reactive ketones (excluding diaryl/α,β-unsaturated/α-hetero) is 1. The molecule has 1 aromatic rings. The largest absolute Gasteiger partial charge is 0.475 e. The third-order valence-electron chi connectivity index (χ3n) is 3.82. The van der Waals surface area contributed by atoms with Crippen molar-refractivity contribution in [3.63, 3.8) is 0 Å². The molecule has 18 heavy (non-hydrogen) atoms. The number of hydrogen-bond donors (Lipinski definition) is 1. The first-order valence-electron chi connectivity index (χ1n) is 5.95. The van der Waals surface area contributed by atoms with E-state index in [2.05, 4.69) is 13.8 Å². The van der Waals surface area contributed by atoms with Gasteiger partial charge in [0.1, 0.15) is 0 Å². The van der Waals surface area contributed by atoms with E-state index in [1.807, 2.05) is 0 Å². The Bertz CT molecular complexity index is 536. The predicted octanol–water partition coefficient (Wildman–Crippen LogP) is 3.12. The van der Waals surface area contributed by atoms with Gasteiger partial charge in [0.05, 0.1) is 5.02 Å². The van der Waals surface area contributed by atoms with Crippen LogP contribution >= 0.6 is 11.6 Å². The van der Waals surface area contributed by atoms with E-state index in [9.17, 15) is 9.59 Å². The topological polar surface area (TPSA) is 54.4 Å². The summed E-state index contributed by atoms with van der Waals surface area (Å²) in [4.78, 5) is 22.2. The Labute approximate surface area is 111 Å². The maximum absolute atomic E-state index is 11.5. The van der Waals surface area contributed by atoms with Crippen LogP contribution in [-0.2, 0) is 17.6 Å². The molecular formula is C14H15ClO3. The zero-order chi connectivity index (χ0) is 13.5. The number of benzene rings is 1. The minimum Gasteiger partial charge on any atom is -0.475 e. The van der Waals surface area contributed by atoms with Gasteiger partial charge < -0.3 is 5.11 Å². The number of hydrogen-bond acceptors (Lipinski definition) is 2. The standard InChI is InChI=1S/C14H15ClO3/c1-3-14(2)6-8-4-10(12(16)13(17)18)11(15)5-9(8)7-14/h4-5H,3,6-7H2,1-2H3,(H,17,18). The lowest BCUT2D eigenvalue weighted by atomic mass is 9.85. The lowest BCUT2D eigenvalue weighted by Crippen LogP contribution is -2.14. The molecule has 0 amide bonds. The van der Waals surface area contributed by atoms with Gasteiger partial charge in [-0.1, -0.05) is 31.9 Å². The molecule has 0 aliphatic heterocycles. The number of carboxylic acid groups (broad SMARTS) is 1. The zero-order valence-electron chi connectivity index (χ0n) is 10.4. The average molecular weight is 267 g/mol. The summed E-state index contributed by atoms with van der Waals surface area (Å²) in [5.41, 5.74) is 2.47. The molecule has 96 valence electrons. The zero-order valence-corrected chi connectivity index (χ0v) is 11.2. The monoisotopic (exact) mass is 266 g/mol. The Morgan fingerprint density at radius 1 is 1.33 bits per heavy atom. The Kier molecular flexibility index (Phi) is 3.20. The molecule has 3 nitrogen and oxygen atoms in total. The molecule has 1 aromatic carbocycles. The van der Waals surface area contributed by atoms with Crippen molar-refractivity contribution in [1.29, 1.82) is 0 Å². The fourth-order valence-electron chi connectivity index (χ4n) is 2.51. The summed E-state index contributed by atoms with van der Waals surface area (Å²) in [7, 11) is 0. The Morgan fingerprint density at radius 3 is 2.39 bits per heavy atom. The molecule has 1 atom stereocenters. The number of ketones is 1. The van der Waals surface area contributed by atoms with Crippen LogP contribution in [-0.4, -0.2) is 16.9 Å². The first-order valence-corrected chi connectivity index (χ1v) is 6.33. The molecule has 0 bridgehead atoms. The van der Waals surface area contributed by atoms with Crippen molar-refractivity contribution in [1.82, 2.24) is 0 Å². The molecule has 0 aromatic heterocycles. The minimum absolute atomic E-state index is 0.100. The molecule has 2 rings (SSSR count). The summed E-state index contributed by atoms with van der Waals surface area (Å²) in [6.45, 7) is 4.33. The highest BCUT2D eigenvalue weighted by Crippen LogP contribution is 2.41. The molecule has 0 saturated carbocycles. The second-order valence-electron chi connectivity index (χ2n) is 5.25. The number of carbonyl (C=O) groups is 2. The van der Waals surface area contributed by atoms with Gasteiger partial charge in [-0.3, -0.25) is 4.79 Å². The van der Waals surface area contributed by atoms with E-state index in [1.165, 1.54) is 0 Å². The van der Waals surface area contributed by atoms with Crippen LogP contribution in [0.3, 0.4) is 0 Å². The summed E-state index contributed by atoms with van der Waals surface area (Å²) < 4.78 is 0. The predicted molar refractivity (Wildman–Crippen MR) is 69.2 cm³/mol. The molecule has 0 radical (unpaired) electrons. The molecule has 1 aliphatic carbocycles. The highest BCUT2D eigenvalue weighted by atomic mass is 35.5. The Hall–Kier alpha value is -1.35. The van der Waals surface area contributed by atoms with Crippen LogP contribution in [0.25, 0.3) is 0 Å². The van der Waals surface area contributed by atoms with Gasteiger partial charge in [-0.05, 0) is 41.5 Å². The van der Waals surface area contributed by atoms with E-state index < -0.39 is 11.8 Å². The quantitative estimate of drug-likeness (QED) is 0.675. The summed E-state index contributed by atoms with van der Waals surface area (Å²) in [5.74, 6) is -2.40. The van der Waals surface area contributed by atoms with Crippen molar-refractivity contribution in [3.8, 4) is 0 Å². The summed E-state index contributed by atoms with van der Waals surface area (Å²) in [5, 5.41) is 8.99. The molecule has 1 unspecified atom stereocenters. The summed E-state index contributed by atoms with van der Waals surface area (Å²) >= 11 is 6.00. The molecular weight excluding hydrogens is 252 g/mol. The molecule has 0 saturated heterocycles. The van der Waals surface area contributed by atoms with Crippen molar-refractivity contribution in [3.05, 3.63) is 33.8 Å². The number of carboxylic acids is 1. The highest BCUT2D eigenvalue weighted by molar-refractivity contribution is 6.45. The molecule has 1 N–H and O–H groups in total. The van der Waals surface area contributed by atoms with Crippen LogP contribution in [0.15, 0.2) is 12.1 Å². The van der Waals surface area contributed by atoms with E-state index in [0.717, 1.165) is 30.4 Å². The van der Waals surface area contributed by atoms with Crippen LogP contribution < -0.4 is 0 Å². The smallest absolute Gasteiger partial charge is 0.377 e. The minimum atomic E-state index is -1.46. The van der Waals surface area contributed by atoms with Gasteiger partial charge in [-0.2, -0.15) is 0 Å². The second kappa shape index (κ2) is 4.39. The molecule has 1 aliphatic rings. The normalized spacial score (nSPS) is 21.7. The van der Waals surface area contributed by atoms with Gasteiger partial charge >= 0.3 is 5.97 Å². The SMILES string of the molecule is CCC1(C)Cc2cc(Cl)c(C(=O)C(=O)O)cc2C1. The van der Waals surface area contributed by atoms with Gasteiger partial charge in [-0.25, -0.2) is 4.79 Å². The van der Waals surface area contributed by atoms with Gasteiger partial charge in [0.15, 0.2) is 0 Å². The number of fused-ring (bicyclic) bond motifs is 1. The van der Waals surface area contributed by atoms with Crippen LogP contribution in [0.1, 0.15) is 41.8 Å². The fourth-order valence-corrected chi connectivity index (χ4v) is 2.78. The maximum atomic E-state index is 11.5. The van der Waals surface area contributed by atoms with E-state index >= 15 is 0 Å². The molecule has 0 heterocycles. The first kappa shape index (κ1) is 13.1. The van der Waals surface area contributed by atoms with Crippen molar-refractivity contribution >= 4 is 23.4 Å². The third kappa shape index (κ3) is 2.15. The molecule has 4 heteroatoms. The number of aliphatic carboxylic acids is 1. The lowest BCUT2D eigenvalue weighted by molar-refractivity contribution is -0.131. The second-order valence-corrected chi connectivity index (χ2v) is 5.66.